The number of rotatable bonds is 4. The highest BCUT2D eigenvalue weighted by Gasteiger charge is 2.57. The predicted molar refractivity (Wildman–Crippen MR) is 112 cm³/mol. The molecule has 2 aromatic carbocycles. The molecule has 0 spiro atoms. The number of ether oxygens (including phenoxy) is 3. The molecular weight excluding hydrogens is 533 g/mol. The van der Waals surface area contributed by atoms with Crippen LogP contribution in [-0.4, -0.2) is 37.8 Å². The van der Waals surface area contributed by atoms with E-state index in [0.29, 0.717) is 8.95 Å². The van der Waals surface area contributed by atoms with Gasteiger partial charge in [-0.3, -0.25) is 14.5 Å². The Morgan fingerprint density at radius 3 is 2.38 bits per heavy atom. The van der Waals surface area contributed by atoms with Gasteiger partial charge in [-0.25, -0.2) is 4.79 Å². The summed E-state index contributed by atoms with van der Waals surface area (Å²) in [6.45, 7) is 0. The van der Waals surface area contributed by atoms with E-state index in [1.807, 2.05) is 0 Å². The molecule has 7 nitrogen and oxygen atoms in total. The highest BCUT2D eigenvalue weighted by Crippen LogP contribution is 2.43. The molecule has 0 N–H and O–H groups in total. The largest absolute Gasteiger partial charge is 0.469 e. The maximum absolute atomic E-state index is 13.5. The summed E-state index contributed by atoms with van der Waals surface area (Å²) in [4.78, 5) is 39.6. The fourth-order valence-corrected chi connectivity index (χ4v) is 4.10. The topological polar surface area (TPSA) is 82.1 Å². The minimum atomic E-state index is -2.14. The third kappa shape index (κ3) is 3.86. The summed E-state index contributed by atoms with van der Waals surface area (Å²) in [5.74, 6) is -2.20. The van der Waals surface area contributed by atoms with Crippen LogP contribution >= 0.6 is 43.5 Å². The monoisotopic (exact) mass is 545 g/mol. The van der Waals surface area contributed by atoms with Crippen molar-refractivity contribution in [3.63, 3.8) is 0 Å². The minimum absolute atomic E-state index is 0.122. The van der Waals surface area contributed by atoms with Gasteiger partial charge in [0.1, 0.15) is 12.2 Å². The van der Waals surface area contributed by atoms with Gasteiger partial charge < -0.3 is 14.2 Å². The van der Waals surface area contributed by atoms with E-state index < -0.39 is 30.0 Å². The van der Waals surface area contributed by atoms with E-state index in [0.717, 1.165) is 12.0 Å². The van der Waals surface area contributed by atoms with Gasteiger partial charge in [-0.2, -0.15) is 0 Å². The maximum Gasteiger partial charge on any atom is 0.373 e. The third-order valence-corrected chi connectivity index (χ3v) is 5.57. The Labute approximate surface area is 188 Å². The van der Waals surface area contributed by atoms with Crippen LogP contribution in [0, 0.1) is 0 Å². The van der Waals surface area contributed by atoms with Crippen LogP contribution in [0.4, 0.5) is 5.69 Å². The number of benzene rings is 2. The number of methoxy groups -OCH3 is 2. The number of nitrogens with zero attached hydrogens (tertiary/aromatic N) is 1. The summed E-state index contributed by atoms with van der Waals surface area (Å²) in [5.41, 5.74) is -1.79. The van der Waals surface area contributed by atoms with Gasteiger partial charge in [0.05, 0.1) is 30.5 Å². The van der Waals surface area contributed by atoms with Crippen molar-refractivity contribution < 1.29 is 28.6 Å². The first-order valence-corrected chi connectivity index (χ1v) is 10.1. The zero-order chi connectivity index (χ0) is 21.3. The van der Waals surface area contributed by atoms with Crippen LogP contribution in [0.1, 0.15) is 16.8 Å². The molecular formula is C19H14Br2ClNO6. The Kier molecular flexibility index (Phi) is 6.21. The molecule has 10 heteroatoms. The Balaban J connectivity index is 2.31. The summed E-state index contributed by atoms with van der Waals surface area (Å²) in [6, 6.07) is 9.45. The van der Waals surface area contributed by atoms with Crippen LogP contribution in [0.25, 0.3) is 0 Å². The van der Waals surface area contributed by atoms with Crippen molar-refractivity contribution in [1.29, 1.82) is 0 Å². The van der Waals surface area contributed by atoms with Gasteiger partial charge in [0.15, 0.2) is 0 Å². The second-order valence-electron chi connectivity index (χ2n) is 6.01. The normalized spacial score (nSPS) is 18.0. The number of halogens is 3. The average molecular weight is 548 g/mol. The van der Waals surface area contributed by atoms with Gasteiger partial charge in [0.25, 0.3) is 11.6 Å². The number of hydrogen-bond donors (Lipinski definition) is 0. The van der Waals surface area contributed by atoms with E-state index in [2.05, 4.69) is 31.9 Å². The van der Waals surface area contributed by atoms with Gasteiger partial charge in [-0.1, -0.05) is 43.5 Å². The standard InChI is InChI=1S/C19H14Br2ClNO6/c1-27-16(24)9-19(18(26)28-2)23(14-5-3-11(21)8-13(14)22)17(25)12-7-10(20)4-6-15(12)29-19/h3-8H,9H2,1-2H3/t19-/m1/s1. The van der Waals surface area contributed by atoms with Gasteiger partial charge in [0.2, 0.25) is 0 Å². The van der Waals surface area contributed by atoms with Crippen LogP contribution in [0.15, 0.2) is 45.3 Å². The molecule has 0 saturated heterocycles. The average Bonchev–Trinajstić information content (AvgIpc) is 2.69. The lowest BCUT2D eigenvalue weighted by atomic mass is 9.99. The molecule has 1 heterocycles. The van der Waals surface area contributed by atoms with Crippen molar-refractivity contribution >= 4 is 67.0 Å². The predicted octanol–water partition coefficient (Wildman–Crippen LogP) is 4.34. The molecule has 3 rings (SSSR count). The number of fused-ring (bicyclic) bond motifs is 1. The molecule has 1 atom stereocenters. The highest BCUT2D eigenvalue weighted by atomic mass is 79.9. The van der Waals surface area contributed by atoms with E-state index >= 15 is 0 Å². The SMILES string of the molecule is COC(=O)C[C@]1(C(=O)OC)Oc2ccc(Br)cc2C(=O)N1c1ccc(Br)cc1Cl. The van der Waals surface area contributed by atoms with E-state index in [9.17, 15) is 14.4 Å². The second-order valence-corrected chi connectivity index (χ2v) is 8.25. The van der Waals surface area contributed by atoms with Crippen molar-refractivity contribution in [1.82, 2.24) is 0 Å². The lowest BCUT2D eigenvalue weighted by molar-refractivity contribution is -0.166. The van der Waals surface area contributed by atoms with E-state index in [4.69, 9.17) is 25.8 Å². The molecule has 0 bridgehead atoms. The zero-order valence-electron chi connectivity index (χ0n) is 15.2. The van der Waals surface area contributed by atoms with E-state index in [1.165, 1.54) is 19.2 Å². The van der Waals surface area contributed by atoms with Crippen LogP contribution in [-0.2, 0) is 19.1 Å². The summed E-state index contributed by atoms with van der Waals surface area (Å²) >= 11 is 13.0. The van der Waals surface area contributed by atoms with Gasteiger partial charge >= 0.3 is 11.9 Å². The zero-order valence-corrected chi connectivity index (χ0v) is 19.1. The Morgan fingerprint density at radius 1 is 1.10 bits per heavy atom. The molecule has 2 aromatic rings. The molecule has 0 fully saturated rings. The third-order valence-electron chi connectivity index (χ3n) is 4.28. The molecule has 29 heavy (non-hydrogen) atoms. The maximum atomic E-state index is 13.5. The number of hydrogen-bond acceptors (Lipinski definition) is 6. The summed E-state index contributed by atoms with van der Waals surface area (Å²) in [7, 11) is 2.30. The number of esters is 2. The van der Waals surface area contributed by atoms with Crippen LogP contribution in [0.3, 0.4) is 0 Å². The number of carbonyl (C=O) groups excluding carboxylic acids is 3. The highest BCUT2D eigenvalue weighted by molar-refractivity contribution is 9.10. The molecule has 0 radical (unpaired) electrons. The number of carbonyl (C=O) groups is 3. The van der Waals surface area contributed by atoms with Gasteiger partial charge in [0, 0.05) is 8.95 Å². The quantitative estimate of drug-likeness (QED) is 0.530. The van der Waals surface area contributed by atoms with E-state index in [1.54, 1.807) is 24.3 Å². The van der Waals surface area contributed by atoms with Gasteiger partial charge in [-0.15, -0.1) is 0 Å². The van der Waals surface area contributed by atoms with Crippen molar-refractivity contribution in [2.45, 2.75) is 12.1 Å². The molecule has 0 saturated carbocycles. The Hall–Kier alpha value is -2.10. The first-order valence-electron chi connectivity index (χ1n) is 8.17. The lowest BCUT2D eigenvalue weighted by Gasteiger charge is -2.44. The fourth-order valence-electron chi connectivity index (χ4n) is 2.98. The van der Waals surface area contributed by atoms with Crippen molar-refractivity contribution in [2.75, 3.05) is 19.1 Å². The molecule has 0 aliphatic carbocycles. The van der Waals surface area contributed by atoms with Crippen molar-refractivity contribution in [3.05, 3.63) is 55.9 Å². The second kappa shape index (κ2) is 8.33. The molecule has 0 unspecified atom stereocenters. The first kappa shape index (κ1) is 21.6. The summed E-state index contributed by atoms with van der Waals surface area (Å²) in [6.07, 6.45) is -0.607. The van der Waals surface area contributed by atoms with Crippen LogP contribution in [0.2, 0.25) is 5.02 Å². The molecule has 152 valence electrons. The number of amides is 1. The smallest absolute Gasteiger partial charge is 0.373 e. The first-order chi connectivity index (χ1) is 13.7. The van der Waals surface area contributed by atoms with Gasteiger partial charge in [-0.05, 0) is 36.4 Å². The summed E-state index contributed by atoms with van der Waals surface area (Å²) in [5, 5.41) is 0.160. The number of anilines is 1. The lowest BCUT2D eigenvalue weighted by Crippen LogP contribution is -2.65. The molecule has 1 amide bonds. The van der Waals surface area contributed by atoms with Crippen molar-refractivity contribution in [2.24, 2.45) is 0 Å². The fraction of sp³-hybridized carbons (Fsp3) is 0.211. The van der Waals surface area contributed by atoms with E-state index in [-0.39, 0.29) is 22.0 Å². The van der Waals surface area contributed by atoms with Crippen molar-refractivity contribution in [3.8, 4) is 5.75 Å². The Bertz CT molecular complexity index is 1010. The minimum Gasteiger partial charge on any atom is -0.469 e. The van der Waals surface area contributed by atoms with Crippen LogP contribution in [0.5, 0.6) is 5.75 Å². The van der Waals surface area contributed by atoms with Crippen LogP contribution < -0.4 is 9.64 Å². The molecule has 0 aromatic heterocycles. The molecule has 1 aliphatic rings. The Morgan fingerprint density at radius 2 is 1.76 bits per heavy atom. The summed E-state index contributed by atoms with van der Waals surface area (Å²) < 4.78 is 16.9. The molecule has 1 aliphatic heterocycles.